The van der Waals surface area contributed by atoms with Crippen LogP contribution in [-0.2, 0) is 12.1 Å². The fourth-order valence-corrected chi connectivity index (χ4v) is 5.30. The van der Waals surface area contributed by atoms with Gasteiger partial charge in [0.1, 0.15) is 5.82 Å². The van der Waals surface area contributed by atoms with Gasteiger partial charge in [0.05, 0.1) is 30.3 Å². The highest BCUT2D eigenvalue weighted by Gasteiger charge is 2.35. The van der Waals surface area contributed by atoms with Crippen LogP contribution in [0.2, 0.25) is 0 Å². The van der Waals surface area contributed by atoms with Crippen molar-refractivity contribution in [3.8, 4) is 11.5 Å². The Labute approximate surface area is 244 Å². The zero-order chi connectivity index (χ0) is 29.3. The number of likely N-dealkylation sites (N-methyl/N-ethyl adjacent to an activating group) is 1. The summed E-state index contributed by atoms with van der Waals surface area (Å²) >= 11 is 0. The molecule has 42 heavy (non-hydrogen) atoms. The molecule has 0 bridgehead atoms. The summed E-state index contributed by atoms with van der Waals surface area (Å²) in [5, 5.41) is 28.5. The number of hydrogen-bond donors (Lipinski definition) is 4. The van der Waals surface area contributed by atoms with Crippen LogP contribution in [0.5, 0.6) is 0 Å². The molecule has 2 aromatic carbocycles. The molecule has 0 aliphatic carbocycles. The van der Waals surface area contributed by atoms with Gasteiger partial charge in [-0.05, 0) is 50.2 Å². The fraction of sp³-hybridized carbons (Fsp3) is 0.367. The number of fused-ring (bicyclic) bond motifs is 1. The first-order valence-electron chi connectivity index (χ1n) is 14.1. The summed E-state index contributed by atoms with van der Waals surface area (Å²) in [6.07, 6.45) is 1.63. The molecule has 1 unspecified atom stereocenters. The minimum atomic E-state index is -0.481. The Morgan fingerprint density at radius 1 is 1.07 bits per heavy atom. The molecule has 218 valence electrons. The van der Waals surface area contributed by atoms with E-state index in [0.717, 1.165) is 43.0 Å². The number of aliphatic hydroxyl groups is 1. The van der Waals surface area contributed by atoms with Crippen molar-refractivity contribution >= 4 is 23.4 Å². The van der Waals surface area contributed by atoms with Crippen molar-refractivity contribution in [3.63, 3.8) is 0 Å². The lowest BCUT2D eigenvalue weighted by Crippen LogP contribution is -2.43. The molecule has 1 fully saturated rings. The van der Waals surface area contributed by atoms with Gasteiger partial charge in [-0.2, -0.15) is 4.98 Å². The molecule has 1 amide bonds. The maximum Gasteiger partial charge on any atom is 0.253 e. The number of amides is 1. The topological polar surface area (TPSA) is 145 Å². The number of hydrogen-bond acceptors (Lipinski definition) is 11. The number of aliphatic hydroxyl groups excluding tert-OH is 1. The summed E-state index contributed by atoms with van der Waals surface area (Å²) < 4.78 is 6.08. The van der Waals surface area contributed by atoms with E-state index in [4.69, 9.17) is 9.40 Å². The van der Waals surface area contributed by atoms with Gasteiger partial charge in [-0.1, -0.05) is 30.3 Å². The van der Waals surface area contributed by atoms with Crippen LogP contribution in [-0.4, -0.2) is 80.8 Å². The molecule has 0 spiro atoms. The number of rotatable bonds is 9. The minimum absolute atomic E-state index is 0.0869. The SMILES string of the molecule is CN1CCN(Cc2nnc(-c3cnc(Nc4ccc5c(c4)C(C)(C)NC5=O)nc3NC(CO)c3ccccc3)o2)CC1. The smallest absolute Gasteiger partial charge is 0.253 e. The van der Waals surface area contributed by atoms with Crippen molar-refractivity contribution in [3.05, 3.63) is 77.3 Å². The molecule has 1 saturated heterocycles. The Bertz CT molecular complexity index is 1570. The van der Waals surface area contributed by atoms with Gasteiger partial charge in [0.25, 0.3) is 11.8 Å². The van der Waals surface area contributed by atoms with E-state index in [9.17, 15) is 9.90 Å². The van der Waals surface area contributed by atoms with Gasteiger partial charge in [-0.15, -0.1) is 10.2 Å². The van der Waals surface area contributed by atoms with Gasteiger partial charge in [0, 0.05) is 43.6 Å². The van der Waals surface area contributed by atoms with Crippen LogP contribution in [0.25, 0.3) is 11.5 Å². The predicted molar refractivity (Wildman–Crippen MR) is 158 cm³/mol. The van der Waals surface area contributed by atoms with Crippen LogP contribution in [0, 0.1) is 0 Å². The summed E-state index contributed by atoms with van der Waals surface area (Å²) in [5.41, 5.74) is 3.24. The van der Waals surface area contributed by atoms with Gasteiger partial charge in [0.15, 0.2) is 0 Å². The fourth-order valence-electron chi connectivity index (χ4n) is 5.30. The highest BCUT2D eigenvalue weighted by molar-refractivity contribution is 6.00. The predicted octanol–water partition coefficient (Wildman–Crippen LogP) is 3.14. The number of nitrogens with one attached hydrogen (secondary N) is 3. The Balaban J connectivity index is 1.30. The van der Waals surface area contributed by atoms with Crippen molar-refractivity contribution in [2.24, 2.45) is 0 Å². The molecule has 2 aliphatic rings. The molecule has 6 rings (SSSR count). The zero-order valence-electron chi connectivity index (χ0n) is 24.0. The maximum absolute atomic E-state index is 12.3. The quantitative estimate of drug-likeness (QED) is 0.236. The van der Waals surface area contributed by atoms with E-state index in [-0.39, 0.29) is 12.5 Å². The molecule has 4 N–H and O–H groups in total. The summed E-state index contributed by atoms with van der Waals surface area (Å²) in [6, 6.07) is 14.8. The van der Waals surface area contributed by atoms with Gasteiger partial charge >= 0.3 is 0 Å². The molecule has 2 aromatic heterocycles. The molecular weight excluding hydrogens is 534 g/mol. The Kier molecular flexibility index (Phi) is 7.58. The van der Waals surface area contributed by atoms with Gasteiger partial charge in [0.2, 0.25) is 11.8 Å². The highest BCUT2D eigenvalue weighted by Crippen LogP contribution is 2.34. The van der Waals surface area contributed by atoms with Crippen LogP contribution >= 0.6 is 0 Å². The van der Waals surface area contributed by atoms with Crippen molar-refractivity contribution in [2.75, 3.05) is 50.5 Å². The summed E-state index contributed by atoms with van der Waals surface area (Å²) in [4.78, 5) is 26.2. The monoisotopic (exact) mass is 569 g/mol. The average Bonchev–Trinajstić information content (AvgIpc) is 3.54. The van der Waals surface area contributed by atoms with E-state index >= 15 is 0 Å². The maximum atomic E-state index is 12.3. The lowest BCUT2D eigenvalue weighted by atomic mass is 9.94. The number of carbonyl (C=O) groups is 1. The molecule has 4 heterocycles. The minimum Gasteiger partial charge on any atom is -0.419 e. The van der Waals surface area contributed by atoms with Gasteiger partial charge in [-0.3, -0.25) is 9.69 Å². The van der Waals surface area contributed by atoms with Crippen molar-refractivity contribution in [1.29, 1.82) is 0 Å². The normalized spacial score (nSPS) is 17.5. The standard InChI is InChI=1S/C30H35N9O3/c1-30(2)23-15-20(9-10-21(23)27(41)35-30)32-29-31-16-22(26(34-29)33-24(18-40)19-7-5-4-6-8-19)28-37-36-25(42-28)17-39-13-11-38(3)12-14-39/h4-10,15-16,24,40H,11-14,17-18H2,1-3H3,(H,35,41)(H2,31,32,33,34). The van der Waals surface area contributed by atoms with E-state index in [0.29, 0.717) is 41.2 Å². The van der Waals surface area contributed by atoms with Gasteiger partial charge < -0.3 is 30.4 Å². The third-order valence-electron chi connectivity index (χ3n) is 7.76. The van der Waals surface area contributed by atoms with Crippen LogP contribution in [0.15, 0.2) is 59.1 Å². The Morgan fingerprint density at radius 3 is 2.62 bits per heavy atom. The molecule has 0 saturated carbocycles. The van der Waals surface area contributed by atoms with Crippen molar-refractivity contribution in [1.82, 2.24) is 35.3 Å². The molecule has 4 aromatic rings. The molecule has 0 radical (unpaired) electrons. The van der Waals surface area contributed by atoms with E-state index in [1.807, 2.05) is 56.3 Å². The molecule has 2 aliphatic heterocycles. The van der Waals surface area contributed by atoms with Crippen molar-refractivity contribution in [2.45, 2.75) is 32.0 Å². The third-order valence-corrected chi connectivity index (χ3v) is 7.76. The van der Waals surface area contributed by atoms with E-state index in [1.54, 1.807) is 12.3 Å². The average molecular weight is 570 g/mol. The highest BCUT2D eigenvalue weighted by atomic mass is 16.4. The number of piperazine rings is 1. The van der Waals surface area contributed by atoms with Crippen LogP contribution < -0.4 is 16.0 Å². The summed E-state index contributed by atoms with van der Waals surface area (Å²) in [5.74, 6) is 1.49. The number of aromatic nitrogens is 4. The van der Waals surface area contributed by atoms with Gasteiger partial charge in [-0.25, -0.2) is 4.98 Å². The van der Waals surface area contributed by atoms with Crippen molar-refractivity contribution < 1.29 is 14.3 Å². The van der Waals surface area contributed by atoms with Crippen LogP contribution in [0.3, 0.4) is 0 Å². The first-order valence-corrected chi connectivity index (χ1v) is 14.1. The second kappa shape index (κ2) is 11.5. The first-order chi connectivity index (χ1) is 20.3. The van der Waals surface area contributed by atoms with Crippen LogP contribution in [0.4, 0.5) is 17.5 Å². The molecule has 12 nitrogen and oxygen atoms in total. The summed E-state index contributed by atoms with van der Waals surface area (Å²) in [7, 11) is 2.12. The number of anilines is 3. The van der Waals surface area contributed by atoms with E-state index in [2.05, 4.69) is 48.0 Å². The Morgan fingerprint density at radius 2 is 1.86 bits per heavy atom. The number of benzene rings is 2. The van der Waals surface area contributed by atoms with E-state index in [1.165, 1.54) is 0 Å². The lowest BCUT2D eigenvalue weighted by molar-refractivity contribution is 0.0940. The number of nitrogens with zero attached hydrogens (tertiary/aromatic N) is 6. The second-order valence-corrected chi connectivity index (χ2v) is 11.3. The van der Waals surface area contributed by atoms with E-state index < -0.39 is 11.6 Å². The third kappa shape index (κ3) is 5.82. The molecular formula is C30H35N9O3. The number of carbonyl (C=O) groups excluding carboxylic acids is 1. The second-order valence-electron chi connectivity index (χ2n) is 11.3. The molecule has 12 heteroatoms. The molecule has 1 atom stereocenters. The largest absolute Gasteiger partial charge is 0.419 e. The first kappa shape index (κ1) is 27.8. The lowest BCUT2D eigenvalue weighted by Gasteiger charge is -2.31. The van der Waals surface area contributed by atoms with Crippen LogP contribution in [0.1, 0.15) is 47.3 Å². The Hall–Kier alpha value is -4.39. The zero-order valence-corrected chi connectivity index (χ0v) is 24.0. The summed E-state index contributed by atoms with van der Waals surface area (Å²) in [6.45, 7) is 8.20.